The minimum absolute atomic E-state index is 0.117. The number of rotatable bonds is 6. The highest BCUT2D eigenvalue weighted by Gasteiger charge is 2.10. The Hall–Kier alpha value is -1.52. The van der Waals surface area contributed by atoms with Crippen LogP contribution in [-0.4, -0.2) is 18.8 Å². The third kappa shape index (κ3) is 3.72. The average molecular weight is 277 g/mol. The van der Waals surface area contributed by atoms with E-state index in [1.807, 2.05) is 12.1 Å². The molecule has 1 atom stereocenters. The summed E-state index contributed by atoms with van der Waals surface area (Å²) < 4.78 is 5.08. The Morgan fingerprint density at radius 2 is 2.21 bits per heavy atom. The molecule has 2 rings (SSSR count). The fraction of sp³-hybridized carbons (Fsp3) is 0.333. The zero-order chi connectivity index (χ0) is 13.7. The van der Waals surface area contributed by atoms with Gasteiger partial charge in [-0.05, 0) is 30.9 Å². The van der Waals surface area contributed by atoms with Crippen molar-refractivity contribution in [1.82, 2.24) is 5.32 Å². The molecule has 0 radical (unpaired) electrons. The van der Waals surface area contributed by atoms with E-state index in [1.54, 1.807) is 24.5 Å². The molecule has 2 aromatic rings. The van der Waals surface area contributed by atoms with E-state index in [0.717, 1.165) is 18.5 Å². The number of aromatic hydroxyl groups is 1. The van der Waals surface area contributed by atoms with Crippen LogP contribution in [0.25, 0.3) is 0 Å². The van der Waals surface area contributed by atoms with Crippen molar-refractivity contribution >= 4 is 11.3 Å². The van der Waals surface area contributed by atoms with Gasteiger partial charge in [-0.1, -0.05) is 12.1 Å². The first-order chi connectivity index (χ1) is 9.20. The number of phenols is 1. The second-order valence-corrected chi connectivity index (χ2v) is 5.46. The van der Waals surface area contributed by atoms with Gasteiger partial charge in [-0.25, -0.2) is 0 Å². The van der Waals surface area contributed by atoms with Crippen molar-refractivity contribution < 1.29 is 9.84 Å². The molecular formula is C15H19NO2S. The van der Waals surface area contributed by atoms with E-state index >= 15 is 0 Å². The van der Waals surface area contributed by atoms with Crippen LogP contribution in [0.5, 0.6) is 11.5 Å². The van der Waals surface area contributed by atoms with Gasteiger partial charge in [0.2, 0.25) is 0 Å². The Bertz CT molecular complexity index is 511. The number of ether oxygens (including phenoxy) is 1. The van der Waals surface area contributed by atoms with Gasteiger partial charge in [0, 0.05) is 29.1 Å². The van der Waals surface area contributed by atoms with Crippen molar-refractivity contribution in [3.05, 3.63) is 46.2 Å². The topological polar surface area (TPSA) is 41.5 Å². The summed E-state index contributed by atoms with van der Waals surface area (Å²) >= 11 is 1.77. The van der Waals surface area contributed by atoms with Crippen molar-refractivity contribution in [1.29, 1.82) is 0 Å². The second-order valence-electron chi connectivity index (χ2n) is 4.43. The average Bonchev–Trinajstić information content (AvgIpc) is 2.91. The molecule has 0 saturated heterocycles. The summed E-state index contributed by atoms with van der Waals surface area (Å²) in [6, 6.07) is 9.74. The van der Waals surface area contributed by atoms with Gasteiger partial charge in [-0.3, -0.25) is 0 Å². The molecule has 0 aliphatic carbocycles. The molecule has 1 unspecified atom stereocenters. The third-order valence-electron chi connectivity index (χ3n) is 3.11. The lowest BCUT2D eigenvalue weighted by Gasteiger charge is -2.16. The van der Waals surface area contributed by atoms with Crippen molar-refractivity contribution in [3.8, 4) is 11.5 Å². The summed E-state index contributed by atoms with van der Waals surface area (Å²) in [5.41, 5.74) is 0.895. The van der Waals surface area contributed by atoms with E-state index in [0.29, 0.717) is 5.75 Å². The lowest BCUT2D eigenvalue weighted by molar-refractivity contribution is 0.404. The first kappa shape index (κ1) is 13.9. The normalized spacial score (nSPS) is 12.3. The highest BCUT2D eigenvalue weighted by atomic mass is 32.1. The lowest BCUT2D eigenvalue weighted by Crippen LogP contribution is -2.21. The summed E-state index contributed by atoms with van der Waals surface area (Å²) in [7, 11) is 1.59. The summed E-state index contributed by atoms with van der Waals surface area (Å²) in [5, 5.41) is 15.5. The Morgan fingerprint density at radius 3 is 2.84 bits per heavy atom. The minimum atomic E-state index is 0.117. The van der Waals surface area contributed by atoms with Crippen LogP contribution in [0.3, 0.4) is 0 Å². The maximum Gasteiger partial charge on any atom is 0.124 e. The summed E-state index contributed by atoms with van der Waals surface area (Å²) in [4.78, 5) is 1.37. The first-order valence-electron chi connectivity index (χ1n) is 6.33. The molecular weight excluding hydrogens is 258 g/mol. The Labute approximate surface area is 117 Å². The highest BCUT2D eigenvalue weighted by molar-refractivity contribution is 7.09. The first-order valence-corrected chi connectivity index (χ1v) is 7.21. The molecule has 4 heteroatoms. The zero-order valence-corrected chi connectivity index (χ0v) is 12.0. The maximum atomic E-state index is 9.96. The van der Waals surface area contributed by atoms with Gasteiger partial charge in [0.1, 0.15) is 11.5 Å². The predicted octanol–water partition coefficient (Wildman–Crippen LogP) is 3.36. The van der Waals surface area contributed by atoms with Crippen molar-refractivity contribution in [3.63, 3.8) is 0 Å². The summed E-state index contributed by atoms with van der Waals surface area (Å²) in [6.45, 7) is 2.95. The minimum Gasteiger partial charge on any atom is -0.507 e. The van der Waals surface area contributed by atoms with Crippen LogP contribution in [0.2, 0.25) is 0 Å². The van der Waals surface area contributed by atoms with Gasteiger partial charge < -0.3 is 15.2 Å². The van der Waals surface area contributed by atoms with Gasteiger partial charge >= 0.3 is 0 Å². The molecule has 0 saturated carbocycles. The third-order valence-corrected chi connectivity index (χ3v) is 4.04. The molecule has 0 aliphatic rings. The van der Waals surface area contributed by atoms with Crippen molar-refractivity contribution in [2.75, 3.05) is 13.7 Å². The number of nitrogens with one attached hydrogen (secondary N) is 1. The monoisotopic (exact) mass is 277 g/mol. The Balaban J connectivity index is 1.90. The van der Waals surface area contributed by atoms with Gasteiger partial charge in [0.05, 0.1) is 7.11 Å². The highest BCUT2D eigenvalue weighted by Crippen LogP contribution is 2.28. The van der Waals surface area contributed by atoms with Crippen molar-refractivity contribution in [2.45, 2.75) is 19.4 Å². The number of benzene rings is 1. The van der Waals surface area contributed by atoms with E-state index in [1.165, 1.54) is 4.88 Å². The lowest BCUT2D eigenvalue weighted by atomic mass is 10.1. The molecule has 0 spiro atoms. The molecule has 0 fully saturated rings. The molecule has 0 amide bonds. The molecule has 0 bridgehead atoms. The molecule has 2 N–H and O–H groups in total. The van der Waals surface area contributed by atoms with E-state index in [4.69, 9.17) is 4.74 Å². The van der Waals surface area contributed by atoms with Crippen LogP contribution in [0.1, 0.15) is 23.4 Å². The molecule has 1 aromatic heterocycles. The number of hydrogen-bond donors (Lipinski definition) is 2. The molecule has 19 heavy (non-hydrogen) atoms. The fourth-order valence-corrected chi connectivity index (χ4v) is 2.70. The van der Waals surface area contributed by atoms with Crippen LogP contribution >= 0.6 is 11.3 Å². The molecule has 1 heterocycles. The van der Waals surface area contributed by atoms with E-state index in [9.17, 15) is 5.11 Å². The van der Waals surface area contributed by atoms with E-state index in [2.05, 4.69) is 29.8 Å². The maximum absolute atomic E-state index is 9.96. The Morgan fingerprint density at radius 1 is 1.37 bits per heavy atom. The Kier molecular flexibility index (Phi) is 4.82. The number of hydrogen-bond acceptors (Lipinski definition) is 4. The standard InChI is InChI=1S/C15H19NO2S/c1-11(16-8-7-13-4-3-9-19-13)14-6-5-12(18-2)10-15(14)17/h3-6,9-11,16-17H,7-8H2,1-2H3. The van der Waals surface area contributed by atoms with Crippen LogP contribution in [0, 0.1) is 0 Å². The largest absolute Gasteiger partial charge is 0.507 e. The second kappa shape index (κ2) is 6.59. The summed E-state index contributed by atoms with van der Waals surface area (Å²) in [5.74, 6) is 0.947. The van der Waals surface area contributed by atoms with Gasteiger partial charge in [-0.2, -0.15) is 0 Å². The van der Waals surface area contributed by atoms with Crippen LogP contribution in [-0.2, 0) is 6.42 Å². The van der Waals surface area contributed by atoms with Crippen LogP contribution in [0.4, 0.5) is 0 Å². The SMILES string of the molecule is COc1ccc(C(C)NCCc2cccs2)c(O)c1. The summed E-state index contributed by atoms with van der Waals surface area (Å²) in [6.07, 6.45) is 1.01. The van der Waals surface area contributed by atoms with Crippen LogP contribution in [0.15, 0.2) is 35.7 Å². The predicted molar refractivity (Wildman–Crippen MR) is 79.1 cm³/mol. The quantitative estimate of drug-likeness (QED) is 0.850. The number of methoxy groups -OCH3 is 1. The van der Waals surface area contributed by atoms with Gasteiger partial charge in [-0.15, -0.1) is 11.3 Å². The van der Waals surface area contributed by atoms with Gasteiger partial charge in [0.15, 0.2) is 0 Å². The number of thiophene rings is 1. The molecule has 0 aliphatic heterocycles. The van der Waals surface area contributed by atoms with E-state index in [-0.39, 0.29) is 11.8 Å². The smallest absolute Gasteiger partial charge is 0.124 e. The van der Waals surface area contributed by atoms with Crippen LogP contribution < -0.4 is 10.1 Å². The zero-order valence-electron chi connectivity index (χ0n) is 11.2. The van der Waals surface area contributed by atoms with Gasteiger partial charge in [0.25, 0.3) is 0 Å². The van der Waals surface area contributed by atoms with Crippen molar-refractivity contribution in [2.24, 2.45) is 0 Å². The molecule has 1 aromatic carbocycles. The fourth-order valence-electron chi connectivity index (χ4n) is 1.99. The number of phenolic OH excluding ortho intramolecular Hbond substituents is 1. The molecule has 3 nitrogen and oxygen atoms in total. The van der Waals surface area contributed by atoms with E-state index < -0.39 is 0 Å². The molecule has 102 valence electrons.